The Hall–Kier alpha value is -2.96. The highest BCUT2D eigenvalue weighted by atomic mass is 16.4. The van der Waals surface area contributed by atoms with E-state index in [1.54, 1.807) is 24.3 Å². The predicted octanol–water partition coefficient (Wildman–Crippen LogP) is 0.988. The highest BCUT2D eigenvalue weighted by Crippen LogP contribution is 2.27. The number of imide groups is 1. The van der Waals surface area contributed by atoms with Gasteiger partial charge in [0.2, 0.25) is 0 Å². The number of carbonyl (C=O) groups is 3. The summed E-state index contributed by atoms with van der Waals surface area (Å²) in [5.74, 6) is -1.69. The molecule has 0 radical (unpaired) electrons. The van der Waals surface area contributed by atoms with Crippen LogP contribution in [0, 0.1) is 0 Å². The van der Waals surface area contributed by atoms with Crippen molar-refractivity contribution in [3.63, 3.8) is 0 Å². The van der Waals surface area contributed by atoms with Crippen LogP contribution in [0.4, 0.5) is 4.79 Å². The molecule has 1 aliphatic heterocycles. The van der Waals surface area contributed by atoms with E-state index < -0.39 is 23.4 Å². The monoisotopic (exact) mass is 285 g/mol. The largest absolute Gasteiger partial charge is 0.478 e. The van der Waals surface area contributed by atoms with E-state index >= 15 is 0 Å². The second-order valence-electron chi connectivity index (χ2n) is 4.91. The van der Waals surface area contributed by atoms with Crippen molar-refractivity contribution in [3.8, 4) is 0 Å². The number of hydrogen-bond acceptors (Lipinski definition) is 4. The summed E-state index contributed by atoms with van der Waals surface area (Å²) in [6, 6.07) is 7.42. The van der Waals surface area contributed by atoms with Crippen molar-refractivity contribution in [3.05, 3.63) is 41.6 Å². The minimum Gasteiger partial charge on any atom is -0.478 e. The number of aromatic carboxylic acids is 1. The predicted molar refractivity (Wildman–Crippen MR) is 72.7 cm³/mol. The standard InChI is InChI=1S/C14H11N3O4/c1-14(12(20)16-13(21)17-14)10-6-8(11(18)19)7-4-2-3-5-9(7)15-10/h2-6H,1H3,(H,18,19)(H2,16,17,20,21). The lowest BCUT2D eigenvalue weighted by atomic mass is 9.94. The summed E-state index contributed by atoms with van der Waals surface area (Å²) < 4.78 is 0. The van der Waals surface area contributed by atoms with E-state index in [9.17, 15) is 19.5 Å². The minimum absolute atomic E-state index is 0.0331. The van der Waals surface area contributed by atoms with Crippen LogP contribution in [-0.2, 0) is 10.3 Å². The molecule has 0 spiro atoms. The number of para-hydroxylation sites is 1. The molecule has 1 aromatic heterocycles. The van der Waals surface area contributed by atoms with Gasteiger partial charge in [0.15, 0.2) is 5.54 Å². The maximum atomic E-state index is 11.9. The first kappa shape index (κ1) is 13.0. The molecule has 1 saturated heterocycles. The Balaban J connectivity index is 2.27. The lowest BCUT2D eigenvalue weighted by Gasteiger charge is -2.21. The molecule has 0 aliphatic carbocycles. The van der Waals surface area contributed by atoms with Gasteiger partial charge in [-0.05, 0) is 19.1 Å². The van der Waals surface area contributed by atoms with Crippen molar-refractivity contribution < 1.29 is 19.5 Å². The van der Waals surface area contributed by atoms with E-state index in [0.29, 0.717) is 10.9 Å². The molecular weight excluding hydrogens is 274 g/mol. The van der Waals surface area contributed by atoms with Crippen molar-refractivity contribution in [1.82, 2.24) is 15.6 Å². The molecule has 3 N–H and O–H groups in total. The fourth-order valence-corrected chi connectivity index (χ4v) is 2.33. The number of pyridine rings is 1. The van der Waals surface area contributed by atoms with Crippen molar-refractivity contribution in [1.29, 1.82) is 0 Å². The quantitative estimate of drug-likeness (QED) is 0.713. The zero-order chi connectivity index (χ0) is 15.2. The zero-order valence-electron chi connectivity index (χ0n) is 11.0. The molecule has 2 heterocycles. The van der Waals surface area contributed by atoms with Gasteiger partial charge >= 0.3 is 12.0 Å². The molecule has 1 aromatic carbocycles. The van der Waals surface area contributed by atoms with Crippen molar-refractivity contribution in [2.24, 2.45) is 0 Å². The molecule has 1 aliphatic rings. The molecular formula is C14H11N3O4. The van der Waals surface area contributed by atoms with Crippen LogP contribution in [0.5, 0.6) is 0 Å². The molecule has 7 nitrogen and oxygen atoms in total. The third-order valence-electron chi connectivity index (χ3n) is 3.50. The Morgan fingerprint density at radius 1 is 1.29 bits per heavy atom. The molecule has 1 unspecified atom stereocenters. The third-order valence-corrected chi connectivity index (χ3v) is 3.50. The molecule has 2 aromatic rings. The molecule has 1 atom stereocenters. The molecule has 3 rings (SSSR count). The summed E-state index contributed by atoms with van der Waals surface area (Å²) in [6.07, 6.45) is 0. The summed E-state index contributed by atoms with van der Waals surface area (Å²) in [5.41, 5.74) is -0.721. The summed E-state index contributed by atoms with van der Waals surface area (Å²) >= 11 is 0. The Morgan fingerprint density at radius 2 is 2.00 bits per heavy atom. The van der Waals surface area contributed by atoms with Crippen LogP contribution in [-0.4, -0.2) is 28.0 Å². The van der Waals surface area contributed by atoms with E-state index in [1.165, 1.54) is 13.0 Å². The number of hydrogen-bond donors (Lipinski definition) is 3. The number of nitrogens with one attached hydrogen (secondary N) is 2. The molecule has 0 saturated carbocycles. The Morgan fingerprint density at radius 3 is 2.62 bits per heavy atom. The maximum absolute atomic E-state index is 11.9. The SMILES string of the molecule is CC1(c2cc(C(=O)O)c3ccccc3n2)NC(=O)NC1=O. The van der Waals surface area contributed by atoms with Crippen molar-refractivity contribution in [2.45, 2.75) is 12.5 Å². The van der Waals surface area contributed by atoms with Crippen LogP contribution in [0.15, 0.2) is 30.3 Å². The zero-order valence-corrected chi connectivity index (χ0v) is 11.0. The molecule has 7 heteroatoms. The average Bonchev–Trinajstić information content (AvgIpc) is 2.71. The van der Waals surface area contributed by atoms with Crippen LogP contribution < -0.4 is 10.6 Å². The van der Waals surface area contributed by atoms with Crippen LogP contribution in [0.3, 0.4) is 0 Å². The van der Waals surface area contributed by atoms with Gasteiger partial charge in [0, 0.05) is 5.39 Å². The number of rotatable bonds is 2. The first-order valence-corrected chi connectivity index (χ1v) is 6.19. The summed E-state index contributed by atoms with van der Waals surface area (Å²) in [7, 11) is 0. The number of carboxylic acids is 1. The van der Waals surface area contributed by atoms with E-state index in [4.69, 9.17) is 0 Å². The first-order valence-electron chi connectivity index (χ1n) is 6.19. The number of benzene rings is 1. The van der Waals surface area contributed by atoms with Gasteiger partial charge in [0.1, 0.15) is 0 Å². The van der Waals surface area contributed by atoms with Crippen LogP contribution in [0.2, 0.25) is 0 Å². The highest BCUT2D eigenvalue weighted by molar-refractivity contribution is 6.08. The van der Waals surface area contributed by atoms with Gasteiger partial charge in [-0.2, -0.15) is 0 Å². The number of fused-ring (bicyclic) bond motifs is 1. The van der Waals surface area contributed by atoms with Crippen molar-refractivity contribution >= 4 is 28.8 Å². The van der Waals surface area contributed by atoms with Crippen molar-refractivity contribution in [2.75, 3.05) is 0 Å². The summed E-state index contributed by atoms with van der Waals surface area (Å²) in [6.45, 7) is 1.48. The lowest BCUT2D eigenvalue weighted by Crippen LogP contribution is -2.41. The van der Waals surface area contributed by atoms with E-state index in [-0.39, 0.29) is 11.3 Å². The number of nitrogens with zero attached hydrogens (tertiary/aromatic N) is 1. The number of urea groups is 1. The normalized spacial score (nSPS) is 21.2. The van der Waals surface area contributed by atoms with Gasteiger partial charge in [-0.25, -0.2) is 14.6 Å². The molecule has 106 valence electrons. The van der Waals surface area contributed by atoms with Gasteiger partial charge in [0.05, 0.1) is 16.8 Å². The van der Waals surface area contributed by atoms with Crippen LogP contribution >= 0.6 is 0 Å². The summed E-state index contributed by atoms with van der Waals surface area (Å²) in [5, 5.41) is 14.4. The van der Waals surface area contributed by atoms with Gasteiger partial charge in [-0.15, -0.1) is 0 Å². The number of amides is 3. The average molecular weight is 285 g/mol. The number of carboxylic acid groups (broad SMARTS) is 1. The van der Waals surface area contributed by atoms with E-state index in [0.717, 1.165) is 0 Å². The molecule has 0 bridgehead atoms. The maximum Gasteiger partial charge on any atom is 0.336 e. The van der Waals surface area contributed by atoms with Crippen LogP contribution in [0.25, 0.3) is 10.9 Å². The van der Waals surface area contributed by atoms with E-state index in [1.807, 2.05) is 0 Å². The lowest BCUT2D eigenvalue weighted by molar-refractivity contribution is -0.123. The van der Waals surface area contributed by atoms with Gasteiger partial charge in [-0.1, -0.05) is 18.2 Å². The fourth-order valence-electron chi connectivity index (χ4n) is 2.33. The van der Waals surface area contributed by atoms with Crippen LogP contribution in [0.1, 0.15) is 23.0 Å². The second kappa shape index (κ2) is 4.27. The number of aromatic nitrogens is 1. The Kier molecular flexibility index (Phi) is 2.65. The second-order valence-corrected chi connectivity index (χ2v) is 4.91. The summed E-state index contributed by atoms with van der Waals surface area (Å²) in [4.78, 5) is 39.0. The molecule has 1 fully saturated rings. The molecule has 21 heavy (non-hydrogen) atoms. The molecule has 3 amide bonds. The van der Waals surface area contributed by atoms with Gasteiger partial charge in [-0.3, -0.25) is 10.1 Å². The highest BCUT2D eigenvalue weighted by Gasteiger charge is 2.45. The van der Waals surface area contributed by atoms with Gasteiger partial charge in [0.25, 0.3) is 5.91 Å². The Labute approximate surface area is 119 Å². The first-order chi connectivity index (χ1) is 9.91. The topological polar surface area (TPSA) is 108 Å². The fraction of sp³-hybridized carbons (Fsp3) is 0.143. The third kappa shape index (κ3) is 1.90. The minimum atomic E-state index is -1.38. The van der Waals surface area contributed by atoms with Gasteiger partial charge < -0.3 is 10.4 Å². The Bertz CT molecular complexity index is 802. The number of carbonyl (C=O) groups excluding carboxylic acids is 2. The smallest absolute Gasteiger partial charge is 0.336 e. The van der Waals surface area contributed by atoms with E-state index in [2.05, 4.69) is 15.6 Å².